The topological polar surface area (TPSA) is 26.3 Å². The maximum absolute atomic E-state index is 11.5. The third-order valence-corrected chi connectivity index (χ3v) is 5.48. The van der Waals surface area contributed by atoms with E-state index in [-0.39, 0.29) is 0 Å². The van der Waals surface area contributed by atoms with Gasteiger partial charge in [0, 0.05) is 5.30 Å². The van der Waals surface area contributed by atoms with Crippen LogP contribution in [0.2, 0.25) is 0 Å². The monoisotopic (exact) mass is 294 g/mol. The maximum atomic E-state index is 11.5. The lowest BCUT2D eigenvalue weighted by atomic mass is 10.2. The van der Waals surface area contributed by atoms with Gasteiger partial charge in [0.05, 0.1) is 0 Å². The SMILES string of the molecule is Cc1ccc(Oc2ccc(P(=O)=S=S)cc2)cc1. The zero-order valence-corrected chi connectivity index (χ0v) is 12.2. The van der Waals surface area contributed by atoms with Gasteiger partial charge in [-0.3, -0.25) is 4.57 Å². The van der Waals surface area contributed by atoms with Crippen molar-refractivity contribution in [3.05, 3.63) is 54.1 Å². The van der Waals surface area contributed by atoms with E-state index in [2.05, 4.69) is 0 Å². The molecule has 0 amide bonds. The molecule has 0 saturated carbocycles. The van der Waals surface area contributed by atoms with Crippen LogP contribution in [0.25, 0.3) is 0 Å². The van der Waals surface area contributed by atoms with Crippen molar-refractivity contribution in [3.63, 3.8) is 0 Å². The molecule has 0 aromatic heterocycles. The van der Waals surface area contributed by atoms with Gasteiger partial charge in [-0.25, -0.2) is 0 Å². The molecule has 0 radical (unpaired) electrons. The van der Waals surface area contributed by atoms with E-state index in [9.17, 15) is 4.57 Å². The zero-order chi connectivity index (χ0) is 13.0. The van der Waals surface area contributed by atoms with Crippen molar-refractivity contribution in [1.82, 2.24) is 0 Å². The lowest BCUT2D eigenvalue weighted by Gasteiger charge is -2.05. The standard InChI is InChI=1S/C13H11O2PS2/c1-10-2-4-11(5-3-10)15-12-6-8-13(9-7-12)16(14)18-17/h2-9H,1H3. The van der Waals surface area contributed by atoms with Gasteiger partial charge in [0.1, 0.15) is 11.5 Å². The van der Waals surface area contributed by atoms with Crippen molar-refractivity contribution in [2.75, 3.05) is 0 Å². The Balaban J connectivity index is 2.18. The van der Waals surface area contributed by atoms with Crippen molar-refractivity contribution in [2.45, 2.75) is 6.92 Å². The highest BCUT2D eigenvalue weighted by Gasteiger charge is 1.99. The summed E-state index contributed by atoms with van der Waals surface area (Å²) < 4.78 is 17.2. The Bertz CT molecular complexity index is 638. The molecular weight excluding hydrogens is 283 g/mol. The first-order valence-corrected chi connectivity index (χ1v) is 8.91. The van der Waals surface area contributed by atoms with Crippen molar-refractivity contribution >= 4 is 32.6 Å². The molecule has 0 aliphatic heterocycles. The molecule has 0 spiro atoms. The van der Waals surface area contributed by atoms with Crippen LogP contribution in [0.15, 0.2) is 48.5 Å². The molecule has 0 fully saturated rings. The molecule has 2 nitrogen and oxygen atoms in total. The van der Waals surface area contributed by atoms with Crippen LogP contribution in [-0.4, -0.2) is 0 Å². The minimum atomic E-state index is -1.52. The molecule has 0 aliphatic carbocycles. The minimum Gasteiger partial charge on any atom is -0.457 e. The molecule has 92 valence electrons. The van der Waals surface area contributed by atoms with Crippen molar-refractivity contribution < 1.29 is 9.30 Å². The van der Waals surface area contributed by atoms with Crippen molar-refractivity contribution in [3.8, 4) is 11.5 Å². The largest absolute Gasteiger partial charge is 0.457 e. The van der Waals surface area contributed by atoms with Crippen LogP contribution < -0.4 is 10.0 Å². The molecule has 1 atom stereocenters. The van der Waals surface area contributed by atoms with Gasteiger partial charge in [-0.05, 0) is 64.0 Å². The zero-order valence-electron chi connectivity index (χ0n) is 9.70. The van der Waals surface area contributed by atoms with Crippen LogP contribution in [0.5, 0.6) is 11.5 Å². The number of rotatable bonds is 3. The van der Waals surface area contributed by atoms with Crippen molar-refractivity contribution in [1.29, 1.82) is 0 Å². The first-order chi connectivity index (χ1) is 8.69. The average molecular weight is 294 g/mol. The Labute approximate surface area is 114 Å². The molecule has 18 heavy (non-hydrogen) atoms. The summed E-state index contributed by atoms with van der Waals surface area (Å²) in [5, 5.41) is 0.737. The smallest absolute Gasteiger partial charge is 0.197 e. The fraction of sp³-hybridized carbons (Fsp3) is 0.0769. The number of benzene rings is 2. The summed E-state index contributed by atoms with van der Waals surface area (Å²) in [4.78, 5) is 0. The summed E-state index contributed by atoms with van der Waals surface area (Å²) in [6.07, 6.45) is 0. The molecule has 5 heteroatoms. The summed E-state index contributed by atoms with van der Waals surface area (Å²) in [5.74, 6) is 1.51. The van der Waals surface area contributed by atoms with Gasteiger partial charge in [-0.15, -0.1) is 0 Å². The van der Waals surface area contributed by atoms with E-state index in [1.54, 1.807) is 24.3 Å². The quantitative estimate of drug-likeness (QED) is 0.807. The molecule has 0 heterocycles. The first kappa shape index (κ1) is 13.2. The molecule has 2 aromatic carbocycles. The molecule has 0 N–H and O–H groups in total. The van der Waals surface area contributed by atoms with Crippen LogP contribution in [0.4, 0.5) is 0 Å². The van der Waals surface area contributed by atoms with Crippen LogP contribution in [0, 0.1) is 6.92 Å². The summed E-state index contributed by atoms with van der Waals surface area (Å²) in [7, 11) is 0.941. The Morgan fingerprint density at radius 1 is 1.00 bits per heavy atom. The highest BCUT2D eigenvalue weighted by molar-refractivity contribution is 8.34. The Morgan fingerprint density at radius 3 is 2.00 bits per heavy atom. The first-order valence-electron chi connectivity index (χ1n) is 5.31. The minimum absolute atomic E-state index is 0.723. The van der Waals surface area contributed by atoms with Gasteiger partial charge in [0.15, 0.2) is 6.58 Å². The lowest BCUT2D eigenvalue weighted by Crippen LogP contribution is -1.92. The van der Waals surface area contributed by atoms with Gasteiger partial charge in [0.25, 0.3) is 0 Å². The van der Waals surface area contributed by atoms with E-state index < -0.39 is 6.58 Å². The number of aryl methyl sites for hydroxylation is 1. The van der Waals surface area contributed by atoms with Crippen LogP contribution in [0.1, 0.15) is 5.56 Å². The highest BCUT2D eigenvalue weighted by Crippen LogP contribution is 2.21. The third kappa shape index (κ3) is 3.39. The van der Waals surface area contributed by atoms with E-state index in [0.29, 0.717) is 0 Å². The summed E-state index contributed by atoms with van der Waals surface area (Å²) in [6.45, 7) is 0.506. The molecule has 2 rings (SSSR count). The number of hydrogen-bond acceptors (Lipinski definition) is 3. The lowest BCUT2D eigenvalue weighted by molar-refractivity contribution is 0.482. The van der Waals surface area contributed by atoms with E-state index >= 15 is 0 Å². The average Bonchev–Trinajstić information content (AvgIpc) is 2.41. The molecule has 0 aliphatic rings. The summed E-state index contributed by atoms with van der Waals surface area (Å²) >= 11 is 4.71. The molecule has 0 saturated heterocycles. The Kier molecular flexibility index (Phi) is 4.48. The van der Waals surface area contributed by atoms with Gasteiger partial charge in [0.2, 0.25) is 0 Å². The molecular formula is C13H11O2PS2. The van der Waals surface area contributed by atoms with E-state index in [1.165, 1.54) is 5.56 Å². The second-order valence-corrected chi connectivity index (χ2v) is 7.70. The predicted molar refractivity (Wildman–Crippen MR) is 79.7 cm³/mol. The number of hydrogen-bond donors (Lipinski definition) is 0. The van der Waals surface area contributed by atoms with E-state index in [4.69, 9.17) is 15.9 Å². The Hall–Kier alpha value is -1.22. The fourth-order valence-electron chi connectivity index (χ4n) is 1.42. The predicted octanol–water partition coefficient (Wildman–Crippen LogP) is 3.70. The second kappa shape index (κ2) is 6.10. The molecule has 2 aromatic rings. The normalized spacial score (nSPS) is 10.8. The summed E-state index contributed by atoms with van der Waals surface area (Å²) in [5.41, 5.74) is 1.19. The third-order valence-electron chi connectivity index (χ3n) is 2.37. The van der Waals surface area contributed by atoms with Gasteiger partial charge in [-0.1, -0.05) is 17.7 Å². The van der Waals surface area contributed by atoms with Gasteiger partial charge < -0.3 is 4.74 Å². The van der Waals surface area contributed by atoms with E-state index in [1.807, 2.05) is 31.2 Å². The van der Waals surface area contributed by atoms with Crippen LogP contribution >= 0.6 is 6.58 Å². The molecule has 1 unspecified atom stereocenters. The van der Waals surface area contributed by atoms with Gasteiger partial charge in [-0.2, -0.15) is 0 Å². The van der Waals surface area contributed by atoms with Gasteiger partial charge >= 0.3 is 0 Å². The highest BCUT2D eigenvalue weighted by atomic mass is 32.9. The second-order valence-electron chi connectivity index (χ2n) is 3.74. The van der Waals surface area contributed by atoms with Crippen LogP contribution in [0.3, 0.4) is 0 Å². The van der Waals surface area contributed by atoms with E-state index in [0.717, 1.165) is 26.3 Å². The molecule has 0 bridgehead atoms. The summed E-state index contributed by atoms with van der Waals surface area (Å²) in [6, 6.07) is 15.0. The maximum Gasteiger partial charge on any atom is 0.197 e. The van der Waals surface area contributed by atoms with Crippen molar-refractivity contribution in [2.24, 2.45) is 0 Å². The fourth-order valence-corrected chi connectivity index (χ4v) is 3.30. The number of ether oxygens (including phenoxy) is 1. The van der Waals surface area contributed by atoms with Crippen LogP contribution in [-0.2, 0) is 25.3 Å². The Morgan fingerprint density at radius 2 is 1.50 bits per heavy atom.